The average Bonchev–Trinajstić information content (AvgIpc) is 3.03. The zero-order chi connectivity index (χ0) is 22.2. The maximum absolute atomic E-state index is 13.0. The van der Waals surface area contributed by atoms with E-state index >= 15 is 0 Å². The highest BCUT2D eigenvalue weighted by Gasteiger charge is 2.36. The molecule has 0 spiro atoms. The maximum Gasteiger partial charge on any atom is 0.340 e. The summed E-state index contributed by atoms with van der Waals surface area (Å²) >= 11 is 0. The first kappa shape index (κ1) is 22.3. The number of hydrogen-bond acceptors (Lipinski definition) is 5. The van der Waals surface area contributed by atoms with E-state index in [9.17, 15) is 9.59 Å². The molecule has 0 bridgehead atoms. The molecule has 6 nitrogen and oxygen atoms in total. The van der Waals surface area contributed by atoms with Gasteiger partial charge in [0.1, 0.15) is 12.4 Å². The second-order valence-corrected chi connectivity index (χ2v) is 7.16. The van der Waals surface area contributed by atoms with E-state index in [0.29, 0.717) is 43.0 Å². The van der Waals surface area contributed by atoms with Crippen LogP contribution >= 0.6 is 0 Å². The molecule has 0 aromatic heterocycles. The van der Waals surface area contributed by atoms with E-state index in [2.05, 4.69) is 0 Å². The molecule has 0 radical (unpaired) electrons. The summed E-state index contributed by atoms with van der Waals surface area (Å²) in [4.78, 5) is 27.0. The molecule has 1 aliphatic heterocycles. The standard InChI is InChI=1S/C25H27NO5/c1-18-23(25(28)30-3)22(24(27)26(18)14-7-15-29-2)16-19-10-12-21(13-11-19)31-17-20-8-5-4-6-9-20/h4-6,8-13,16H,7,14-15,17H2,1-3H3/b22-16-. The van der Waals surface area contributed by atoms with Crippen molar-refractivity contribution in [2.24, 2.45) is 0 Å². The first-order valence-electron chi connectivity index (χ1n) is 10.1. The topological polar surface area (TPSA) is 65.1 Å². The number of nitrogens with zero attached hydrogens (tertiary/aromatic N) is 1. The summed E-state index contributed by atoms with van der Waals surface area (Å²) in [5.74, 6) is -0.00239. The van der Waals surface area contributed by atoms with Crippen LogP contribution in [0.2, 0.25) is 0 Å². The van der Waals surface area contributed by atoms with Crippen molar-refractivity contribution in [1.29, 1.82) is 0 Å². The third-order valence-electron chi connectivity index (χ3n) is 5.07. The van der Waals surface area contributed by atoms with Gasteiger partial charge in [-0.25, -0.2) is 4.79 Å². The molecule has 6 heteroatoms. The van der Waals surface area contributed by atoms with Gasteiger partial charge in [-0.05, 0) is 42.7 Å². The highest BCUT2D eigenvalue weighted by molar-refractivity contribution is 6.16. The second kappa shape index (κ2) is 10.6. The van der Waals surface area contributed by atoms with Gasteiger partial charge >= 0.3 is 5.97 Å². The predicted octanol–water partition coefficient (Wildman–Crippen LogP) is 3.97. The smallest absolute Gasteiger partial charge is 0.340 e. The number of methoxy groups -OCH3 is 2. The maximum atomic E-state index is 13.0. The Hall–Kier alpha value is -3.38. The lowest BCUT2D eigenvalue weighted by molar-refractivity contribution is -0.136. The van der Waals surface area contributed by atoms with Crippen LogP contribution in [0.5, 0.6) is 5.75 Å². The fraction of sp³-hybridized carbons (Fsp3) is 0.280. The van der Waals surface area contributed by atoms with Gasteiger partial charge in [0, 0.05) is 26.0 Å². The second-order valence-electron chi connectivity index (χ2n) is 7.16. The Balaban J connectivity index is 1.78. The van der Waals surface area contributed by atoms with Gasteiger partial charge in [0.15, 0.2) is 0 Å². The van der Waals surface area contributed by atoms with Gasteiger partial charge in [0.05, 0.1) is 18.3 Å². The molecule has 0 unspecified atom stereocenters. The summed E-state index contributed by atoms with van der Waals surface area (Å²) in [6.45, 7) is 3.25. The average molecular weight is 421 g/mol. The minimum absolute atomic E-state index is 0.210. The van der Waals surface area contributed by atoms with Gasteiger partial charge in [-0.1, -0.05) is 42.5 Å². The molecule has 1 aliphatic rings. The van der Waals surface area contributed by atoms with Crippen LogP contribution in [-0.2, 0) is 25.7 Å². The fourth-order valence-corrected chi connectivity index (χ4v) is 3.43. The lowest BCUT2D eigenvalue weighted by atomic mass is 10.0. The first-order chi connectivity index (χ1) is 15.0. The summed E-state index contributed by atoms with van der Waals surface area (Å²) in [6, 6.07) is 17.3. The fourth-order valence-electron chi connectivity index (χ4n) is 3.43. The molecule has 1 heterocycles. The molecule has 2 aromatic carbocycles. The van der Waals surface area contributed by atoms with E-state index in [1.54, 1.807) is 25.0 Å². The number of hydrogen-bond donors (Lipinski definition) is 0. The largest absolute Gasteiger partial charge is 0.489 e. The van der Waals surface area contributed by atoms with Crippen molar-refractivity contribution in [3.63, 3.8) is 0 Å². The summed E-state index contributed by atoms with van der Waals surface area (Å²) in [6.07, 6.45) is 2.39. The molecular weight excluding hydrogens is 394 g/mol. The monoisotopic (exact) mass is 421 g/mol. The van der Waals surface area contributed by atoms with Gasteiger partial charge in [0.25, 0.3) is 5.91 Å². The van der Waals surface area contributed by atoms with Crippen molar-refractivity contribution in [3.8, 4) is 5.75 Å². The quantitative estimate of drug-likeness (QED) is 0.348. The molecule has 0 fully saturated rings. The van der Waals surface area contributed by atoms with Gasteiger partial charge < -0.3 is 19.1 Å². The number of benzene rings is 2. The van der Waals surface area contributed by atoms with Crippen LogP contribution in [0.25, 0.3) is 6.08 Å². The van der Waals surface area contributed by atoms with Crippen LogP contribution in [0.3, 0.4) is 0 Å². The molecule has 0 N–H and O–H groups in total. The van der Waals surface area contributed by atoms with Gasteiger partial charge in [-0.2, -0.15) is 0 Å². The summed E-state index contributed by atoms with van der Waals surface area (Å²) in [5, 5.41) is 0. The molecule has 162 valence electrons. The number of carbonyl (C=O) groups excluding carboxylic acids is 2. The highest BCUT2D eigenvalue weighted by atomic mass is 16.5. The molecule has 0 saturated heterocycles. The third-order valence-corrected chi connectivity index (χ3v) is 5.07. The van der Waals surface area contributed by atoms with Crippen molar-refractivity contribution in [3.05, 3.63) is 82.6 Å². The summed E-state index contributed by atoms with van der Waals surface area (Å²) in [7, 11) is 2.93. The number of ether oxygens (including phenoxy) is 3. The van der Waals surface area contributed by atoms with E-state index in [1.165, 1.54) is 7.11 Å². The van der Waals surface area contributed by atoms with Crippen molar-refractivity contribution < 1.29 is 23.8 Å². The molecule has 0 saturated carbocycles. The lowest BCUT2D eigenvalue weighted by Crippen LogP contribution is -2.26. The Kier molecular flexibility index (Phi) is 7.62. The minimum atomic E-state index is -0.519. The zero-order valence-electron chi connectivity index (χ0n) is 18.1. The number of esters is 1. The van der Waals surface area contributed by atoms with Crippen molar-refractivity contribution in [2.75, 3.05) is 27.4 Å². The van der Waals surface area contributed by atoms with Gasteiger partial charge in [0.2, 0.25) is 0 Å². The lowest BCUT2D eigenvalue weighted by Gasteiger charge is -2.17. The Morgan fingerprint density at radius 1 is 1.03 bits per heavy atom. The first-order valence-corrected chi connectivity index (χ1v) is 10.1. The Morgan fingerprint density at radius 2 is 1.74 bits per heavy atom. The number of allylic oxidation sites excluding steroid dienone is 1. The zero-order valence-corrected chi connectivity index (χ0v) is 18.1. The SMILES string of the molecule is COCCCN1C(=O)/C(=C\c2ccc(OCc3ccccc3)cc2)C(C(=O)OC)=C1C. The van der Waals surface area contributed by atoms with Crippen LogP contribution < -0.4 is 4.74 Å². The van der Waals surface area contributed by atoms with Crippen LogP contribution in [0.15, 0.2) is 71.4 Å². The molecule has 2 aromatic rings. The summed E-state index contributed by atoms with van der Waals surface area (Å²) < 4.78 is 15.8. The molecule has 3 rings (SSSR count). The number of carbonyl (C=O) groups is 2. The third kappa shape index (κ3) is 5.41. The van der Waals surface area contributed by atoms with E-state index in [1.807, 2.05) is 54.6 Å². The van der Waals surface area contributed by atoms with Crippen molar-refractivity contribution in [2.45, 2.75) is 20.0 Å². The molecule has 31 heavy (non-hydrogen) atoms. The predicted molar refractivity (Wildman–Crippen MR) is 118 cm³/mol. The van der Waals surface area contributed by atoms with Crippen LogP contribution in [0.4, 0.5) is 0 Å². The Bertz CT molecular complexity index is 977. The molecule has 0 atom stereocenters. The Labute approximate surface area is 182 Å². The van der Waals surface area contributed by atoms with E-state index < -0.39 is 5.97 Å². The highest BCUT2D eigenvalue weighted by Crippen LogP contribution is 2.32. The van der Waals surface area contributed by atoms with E-state index in [-0.39, 0.29) is 5.91 Å². The van der Waals surface area contributed by atoms with E-state index in [0.717, 1.165) is 16.9 Å². The van der Waals surface area contributed by atoms with Gasteiger partial charge in [-0.3, -0.25) is 4.79 Å². The molecule has 0 aliphatic carbocycles. The minimum Gasteiger partial charge on any atom is -0.489 e. The molecule has 1 amide bonds. The van der Waals surface area contributed by atoms with E-state index in [4.69, 9.17) is 14.2 Å². The van der Waals surface area contributed by atoms with Crippen molar-refractivity contribution >= 4 is 18.0 Å². The summed E-state index contributed by atoms with van der Waals surface area (Å²) in [5.41, 5.74) is 3.11. The number of rotatable bonds is 9. The normalized spacial score (nSPS) is 15.0. The Morgan fingerprint density at radius 3 is 2.39 bits per heavy atom. The number of amides is 1. The van der Waals surface area contributed by atoms with Crippen molar-refractivity contribution in [1.82, 2.24) is 4.90 Å². The molecular formula is C25H27NO5. The van der Waals surface area contributed by atoms with Crippen LogP contribution in [0, 0.1) is 0 Å². The van der Waals surface area contributed by atoms with Crippen LogP contribution in [-0.4, -0.2) is 44.1 Å². The van der Waals surface area contributed by atoms with Gasteiger partial charge in [-0.15, -0.1) is 0 Å². The van der Waals surface area contributed by atoms with Crippen LogP contribution in [0.1, 0.15) is 24.5 Å².